The Balaban J connectivity index is 1.83. The molecule has 4 heteroatoms. The van der Waals surface area contributed by atoms with Crippen LogP contribution in [0.15, 0.2) is 46.9 Å². The number of ether oxygens (including phenoxy) is 2. The molecular weight excluding hydrogens is 354 g/mol. The minimum Gasteiger partial charge on any atom is -0.490 e. The average molecular weight is 374 g/mol. The lowest BCUT2D eigenvalue weighted by Crippen LogP contribution is -2.11. The normalized spacial score (nSPS) is 10.9. The summed E-state index contributed by atoms with van der Waals surface area (Å²) in [5.74, 6) is 1.54. The van der Waals surface area contributed by atoms with Crippen molar-refractivity contribution >= 4 is 15.9 Å². The number of hydrogen-bond acceptors (Lipinski definition) is 3. The van der Waals surface area contributed by atoms with Crippen LogP contribution in [0.3, 0.4) is 0 Å². The zero-order valence-electron chi connectivity index (χ0n) is 13.6. The van der Waals surface area contributed by atoms with Gasteiger partial charge in [0.05, 0.1) is 16.1 Å². The summed E-state index contributed by atoms with van der Waals surface area (Å²) in [6.07, 6.45) is 0. The molecule has 0 saturated heterocycles. The molecule has 0 aliphatic carbocycles. The first-order valence-electron chi connectivity index (χ1n) is 7.46. The summed E-state index contributed by atoms with van der Waals surface area (Å²) in [5, 5.41) is 8.83. The first-order valence-corrected chi connectivity index (χ1v) is 8.25. The van der Waals surface area contributed by atoms with Crippen molar-refractivity contribution < 1.29 is 9.47 Å². The number of rotatable bonds is 5. The van der Waals surface area contributed by atoms with Crippen LogP contribution >= 0.6 is 15.9 Å². The summed E-state index contributed by atoms with van der Waals surface area (Å²) < 4.78 is 12.1. The van der Waals surface area contributed by atoms with E-state index in [9.17, 15) is 0 Å². The molecule has 0 radical (unpaired) electrons. The van der Waals surface area contributed by atoms with Crippen LogP contribution in [-0.2, 0) is 5.41 Å². The quantitative estimate of drug-likeness (QED) is 0.686. The topological polar surface area (TPSA) is 42.2 Å². The number of benzene rings is 2. The number of halogens is 1. The molecule has 0 heterocycles. The summed E-state index contributed by atoms with van der Waals surface area (Å²) in [7, 11) is 0. The van der Waals surface area contributed by atoms with Crippen molar-refractivity contribution in [1.82, 2.24) is 0 Å². The van der Waals surface area contributed by atoms with Crippen LogP contribution in [0.25, 0.3) is 0 Å². The summed E-state index contributed by atoms with van der Waals surface area (Å²) >= 11 is 3.39. The van der Waals surface area contributed by atoms with Crippen LogP contribution in [-0.4, -0.2) is 13.2 Å². The van der Waals surface area contributed by atoms with Crippen molar-refractivity contribution in [2.75, 3.05) is 13.2 Å². The minimum atomic E-state index is 0.142. The van der Waals surface area contributed by atoms with Crippen LogP contribution in [0.5, 0.6) is 11.5 Å². The molecule has 3 nitrogen and oxygen atoms in total. The lowest BCUT2D eigenvalue weighted by Gasteiger charge is -2.19. The van der Waals surface area contributed by atoms with Gasteiger partial charge < -0.3 is 9.47 Å². The van der Waals surface area contributed by atoms with Crippen molar-refractivity contribution in [2.24, 2.45) is 0 Å². The molecule has 0 unspecified atom stereocenters. The van der Waals surface area contributed by atoms with E-state index in [1.54, 1.807) is 18.2 Å². The molecule has 2 aromatic rings. The highest BCUT2D eigenvalue weighted by atomic mass is 79.9. The lowest BCUT2D eigenvalue weighted by molar-refractivity contribution is 0.216. The molecule has 2 aromatic carbocycles. The van der Waals surface area contributed by atoms with Crippen LogP contribution in [0.2, 0.25) is 0 Å². The minimum absolute atomic E-state index is 0.142. The first-order chi connectivity index (χ1) is 10.9. The van der Waals surface area contributed by atoms with E-state index in [0.29, 0.717) is 24.5 Å². The van der Waals surface area contributed by atoms with Gasteiger partial charge in [-0.2, -0.15) is 5.26 Å². The Morgan fingerprint density at radius 2 is 1.65 bits per heavy atom. The third kappa shape index (κ3) is 5.01. The van der Waals surface area contributed by atoms with Gasteiger partial charge in [-0.25, -0.2) is 0 Å². The Bertz CT molecular complexity index is 697. The molecule has 0 atom stereocenters. The predicted octanol–water partition coefficient (Wildman–Crippen LogP) is 5.08. The van der Waals surface area contributed by atoms with Crippen LogP contribution in [0, 0.1) is 11.3 Å². The smallest absolute Gasteiger partial charge is 0.133 e. The highest BCUT2D eigenvalue weighted by Gasteiger charge is 2.12. The molecule has 2 rings (SSSR count). The van der Waals surface area contributed by atoms with Crippen LogP contribution in [0.1, 0.15) is 31.9 Å². The SMILES string of the molecule is CC(C)(C)c1ccc(OCCOc2ccc(C#N)cc2Br)cc1. The highest BCUT2D eigenvalue weighted by molar-refractivity contribution is 9.10. The van der Waals surface area contributed by atoms with Gasteiger partial charge in [0.25, 0.3) is 0 Å². The van der Waals surface area contributed by atoms with Gasteiger partial charge in [0.15, 0.2) is 0 Å². The van der Waals surface area contributed by atoms with E-state index >= 15 is 0 Å². The zero-order valence-corrected chi connectivity index (χ0v) is 15.2. The van der Waals surface area contributed by atoms with Crippen molar-refractivity contribution in [2.45, 2.75) is 26.2 Å². The number of nitrogens with zero attached hydrogens (tertiary/aromatic N) is 1. The van der Waals surface area contributed by atoms with Crippen LogP contribution < -0.4 is 9.47 Å². The van der Waals surface area contributed by atoms with Crippen molar-refractivity contribution in [3.8, 4) is 17.6 Å². The van der Waals surface area contributed by atoms with E-state index < -0.39 is 0 Å². The van der Waals surface area contributed by atoms with Crippen LogP contribution in [0.4, 0.5) is 0 Å². The zero-order chi connectivity index (χ0) is 16.9. The fourth-order valence-corrected chi connectivity index (χ4v) is 2.54. The van der Waals surface area contributed by atoms with E-state index in [1.165, 1.54) is 5.56 Å². The van der Waals surface area contributed by atoms with Gasteiger partial charge >= 0.3 is 0 Å². The van der Waals surface area contributed by atoms with E-state index in [1.807, 2.05) is 12.1 Å². The third-order valence-corrected chi connectivity index (χ3v) is 4.01. The standard InChI is InChI=1S/C19H20BrNO2/c1-19(2,3)15-5-7-16(8-6-15)22-10-11-23-18-9-4-14(13-21)12-17(18)20/h4-9,12H,10-11H2,1-3H3. The Labute approximate surface area is 146 Å². The molecule has 0 aromatic heterocycles. The molecule has 23 heavy (non-hydrogen) atoms. The molecule has 0 amide bonds. The highest BCUT2D eigenvalue weighted by Crippen LogP contribution is 2.26. The average Bonchev–Trinajstić information content (AvgIpc) is 2.52. The fourth-order valence-electron chi connectivity index (χ4n) is 2.05. The lowest BCUT2D eigenvalue weighted by atomic mass is 9.87. The molecule has 0 fully saturated rings. The molecule has 0 aliphatic rings. The molecule has 0 N–H and O–H groups in total. The van der Waals surface area contributed by atoms with Gasteiger partial charge in [0.2, 0.25) is 0 Å². The Morgan fingerprint density at radius 3 is 2.22 bits per heavy atom. The van der Waals surface area contributed by atoms with E-state index in [4.69, 9.17) is 14.7 Å². The molecule has 0 spiro atoms. The third-order valence-electron chi connectivity index (χ3n) is 3.39. The van der Waals surface area contributed by atoms with E-state index in [2.05, 4.69) is 54.9 Å². The van der Waals surface area contributed by atoms with Gasteiger partial charge in [-0.3, -0.25) is 0 Å². The second-order valence-electron chi connectivity index (χ2n) is 6.23. The molecule has 0 aliphatic heterocycles. The van der Waals surface area contributed by atoms with E-state index in [0.717, 1.165) is 10.2 Å². The van der Waals surface area contributed by atoms with Gasteiger partial charge in [-0.05, 0) is 57.2 Å². The largest absolute Gasteiger partial charge is 0.490 e. The number of hydrogen-bond donors (Lipinski definition) is 0. The summed E-state index contributed by atoms with van der Waals surface area (Å²) in [6, 6.07) is 15.5. The van der Waals surface area contributed by atoms with E-state index in [-0.39, 0.29) is 5.41 Å². The Hall–Kier alpha value is -1.99. The predicted molar refractivity (Wildman–Crippen MR) is 95.0 cm³/mol. The monoisotopic (exact) mass is 373 g/mol. The fraction of sp³-hybridized carbons (Fsp3) is 0.316. The Morgan fingerprint density at radius 1 is 1.00 bits per heavy atom. The summed E-state index contributed by atoms with van der Waals surface area (Å²) in [6.45, 7) is 7.46. The molecular formula is C19H20BrNO2. The van der Waals surface area contributed by atoms with Gasteiger partial charge in [-0.1, -0.05) is 32.9 Å². The number of nitriles is 1. The summed E-state index contributed by atoms with van der Waals surface area (Å²) in [4.78, 5) is 0. The van der Waals surface area contributed by atoms with Crippen molar-refractivity contribution in [1.29, 1.82) is 5.26 Å². The van der Waals surface area contributed by atoms with Crippen molar-refractivity contribution in [3.63, 3.8) is 0 Å². The maximum absolute atomic E-state index is 8.83. The molecule has 0 bridgehead atoms. The molecule has 0 saturated carbocycles. The van der Waals surface area contributed by atoms with Gasteiger partial charge in [0.1, 0.15) is 24.7 Å². The second kappa shape index (κ2) is 7.52. The Kier molecular flexibility index (Phi) is 5.68. The molecule has 120 valence electrons. The first kappa shape index (κ1) is 17.4. The van der Waals surface area contributed by atoms with Gasteiger partial charge in [-0.15, -0.1) is 0 Å². The van der Waals surface area contributed by atoms with Crippen molar-refractivity contribution in [3.05, 3.63) is 58.1 Å². The maximum atomic E-state index is 8.83. The maximum Gasteiger partial charge on any atom is 0.133 e. The van der Waals surface area contributed by atoms with Gasteiger partial charge in [0, 0.05) is 0 Å². The summed E-state index contributed by atoms with van der Waals surface area (Å²) in [5.41, 5.74) is 2.02. The second-order valence-corrected chi connectivity index (χ2v) is 7.08.